The van der Waals surface area contributed by atoms with Gasteiger partial charge < -0.3 is 4.84 Å². The summed E-state index contributed by atoms with van der Waals surface area (Å²) in [5.74, 6) is 0. The molecule has 2 nitrogen and oxygen atoms in total. The fourth-order valence-corrected chi connectivity index (χ4v) is 1.23. The largest absolute Gasteiger partial charge is 0.390 e. The van der Waals surface area contributed by atoms with E-state index in [-0.39, 0.29) is 0 Å². The maximum atomic E-state index is 5.04. The third kappa shape index (κ3) is 3.18. The smallest absolute Gasteiger partial charge is 0.151 e. The van der Waals surface area contributed by atoms with E-state index in [2.05, 4.69) is 5.16 Å². The molecule has 1 rings (SSSR count). The third-order valence-electron chi connectivity index (χ3n) is 1.03. The molecule has 1 aromatic heterocycles. The third-order valence-corrected chi connectivity index (χ3v) is 1.88. The SMILES string of the molecule is CC(C)=NOCc1cccs1. The first-order valence-electron chi connectivity index (χ1n) is 3.44. The van der Waals surface area contributed by atoms with Crippen LogP contribution in [0.3, 0.4) is 0 Å². The molecule has 0 aliphatic carbocycles. The highest BCUT2D eigenvalue weighted by Crippen LogP contribution is 2.09. The molecule has 0 unspecified atom stereocenters. The van der Waals surface area contributed by atoms with Crippen molar-refractivity contribution in [2.75, 3.05) is 0 Å². The number of oxime groups is 1. The molecule has 60 valence electrons. The summed E-state index contributed by atoms with van der Waals surface area (Å²) in [4.78, 5) is 6.24. The highest BCUT2D eigenvalue weighted by Gasteiger charge is 1.91. The number of rotatable bonds is 3. The molecule has 0 spiro atoms. The minimum atomic E-state index is 0.586. The van der Waals surface area contributed by atoms with Crippen LogP contribution in [-0.2, 0) is 11.4 Å². The molecule has 0 amide bonds. The Bertz CT molecular complexity index is 224. The van der Waals surface area contributed by atoms with E-state index in [4.69, 9.17) is 4.84 Å². The zero-order chi connectivity index (χ0) is 8.10. The van der Waals surface area contributed by atoms with Crippen LogP contribution in [0.2, 0.25) is 0 Å². The highest BCUT2D eigenvalue weighted by molar-refractivity contribution is 7.09. The zero-order valence-electron chi connectivity index (χ0n) is 6.70. The minimum absolute atomic E-state index is 0.586. The van der Waals surface area contributed by atoms with Gasteiger partial charge in [-0.25, -0.2) is 0 Å². The molecule has 0 aromatic carbocycles. The van der Waals surface area contributed by atoms with Crippen molar-refractivity contribution in [3.8, 4) is 0 Å². The Hall–Kier alpha value is -0.830. The lowest BCUT2D eigenvalue weighted by Gasteiger charge is -1.95. The molecule has 0 saturated heterocycles. The number of thiophene rings is 1. The number of hydrogen-bond donors (Lipinski definition) is 0. The fourth-order valence-electron chi connectivity index (χ4n) is 0.620. The normalized spacial score (nSPS) is 9.27. The average Bonchev–Trinajstić information content (AvgIpc) is 2.39. The van der Waals surface area contributed by atoms with Gasteiger partial charge in [0.15, 0.2) is 6.61 Å². The second-order valence-electron chi connectivity index (χ2n) is 2.39. The van der Waals surface area contributed by atoms with Crippen LogP contribution in [-0.4, -0.2) is 5.71 Å². The lowest BCUT2D eigenvalue weighted by Crippen LogP contribution is -1.86. The van der Waals surface area contributed by atoms with E-state index in [0.717, 1.165) is 5.71 Å². The van der Waals surface area contributed by atoms with Crippen molar-refractivity contribution < 1.29 is 4.84 Å². The van der Waals surface area contributed by atoms with Gasteiger partial charge >= 0.3 is 0 Å². The van der Waals surface area contributed by atoms with Gasteiger partial charge in [0.05, 0.1) is 5.71 Å². The van der Waals surface area contributed by atoms with E-state index in [1.807, 2.05) is 31.4 Å². The first kappa shape index (κ1) is 8.27. The molecule has 0 aliphatic rings. The Labute approximate surface area is 70.5 Å². The van der Waals surface area contributed by atoms with E-state index in [0.29, 0.717) is 6.61 Å². The summed E-state index contributed by atoms with van der Waals surface area (Å²) in [5, 5.41) is 5.85. The van der Waals surface area contributed by atoms with E-state index < -0.39 is 0 Å². The molecule has 0 aliphatic heterocycles. The Morgan fingerprint density at radius 2 is 2.45 bits per heavy atom. The van der Waals surface area contributed by atoms with Crippen molar-refractivity contribution in [1.82, 2.24) is 0 Å². The molecule has 0 fully saturated rings. The van der Waals surface area contributed by atoms with Crippen molar-refractivity contribution in [1.29, 1.82) is 0 Å². The molecule has 0 N–H and O–H groups in total. The van der Waals surface area contributed by atoms with E-state index in [1.165, 1.54) is 4.88 Å². The van der Waals surface area contributed by atoms with Gasteiger partial charge in [-0.2, -0.15) is 0 Å². The summed E-state index contributed by atoms with van der Waals surface area (Å²) < 4.78 is 0. The Morgan fingerprint density at radius 3 is 3.00 bits per heavy atom. The van der Waals surface area contributed by atoms with Gasteiger partial charge in [0.1, 0.15) is 0 Å². The van der Waals surface area contributed by atoms with Gasteiger partial charge in [-0.3, -0.25) is 0 Å². The van der Waals surface area contributed by atoms with Crippen molar-refractivity contribution in [3.05, 3.63) is 22.4 Å². The summed E-state index contributed by atoms with van der Waals surface area (Å²) >= 11 is 1.68. The standard InChI is InChI=1S/C8H11NOS/c1-7(2)9-10-6-8-4-3-5-11-8/h3-5H,6H2,1-2H3. The summed E-state index contributed by atoms with van der Waals surface area (Å²) in [6.07, 6.45) is 0. The highest BCUT2D eigenvalue weighted by atomic mass is 32.1. The molecular weight excluding hydrogens is 158 g/mol. The summed E-state index contributed by atoms with van der Waals surface area (Å²) in [6, 6.07) is 4.04. The monoisotopic (exact) mass is 169 g/mol. The summed E-state index contributed by atoms with van der Waals surface area (Å²) in [6.45, 7) is 4.41. The molecule has 0 radical (unpaired) electrons. The van der Waals surface area contributed by atoms with E-state index in [9.17, 15) is 0 Å². The van der Waals surface area contributed by atoms with Crippen LogP contribution in [0.25, 0.3) is 0 Å². The first-order chi connectivity index (χ1) is 5.29. The molecule has 0 bridgehead atoms. The van der Waals surface area contributed by atoms with E-state index >= 15 is 0 Å². The topological polar surface area (TPSA) is 21.6 Å². The molecule has 1 heterocycles. The molecule has 3 heteroatoms. The Kier molecular flexibility index (Phi) is 3.11. The molecule has 1 aromatic rings. The van der Waals surface area contributed by atoms with Crippen molar-refractivity contribution in [2.24, 2.45) is 5.16 Å². The number of nitrogens with zero attached hydrogens (tertiary/aromatic N) is 1. The number of hydrogen-bond acceptors (Lipinski definition) is 3. The maximum absolute atomic E-state index is 5.04. The van der Waals surface area contributed by atoms with Gasteiger partial charge in [-0.15, -0.1) is 11.3 Å². The minimum Gasteiger partial charge on any atom is -0.390 e. The van der Waals surface area contributed by atoms with Crippen LogP contribution in [0.1, 0.15) is 18.7 Å². The second kappa shape index (κ2) is 4.13. The van der Waals surface area contributed by atoms with Crippen LogP contribution < -0.4 is 0 Å². The molecule has 0 saturated carbocycles. The van der Waals surface area contributed by atoms with Crippen LogP contribution in [0.15, 0.2) is 22.7 Å². The summed E-state index contributed by atoms with van der Waals surface area (Å²) in [5.41, 5.74) is 0.946. The van der Waals surface area contributed by atoms with Crippen LogP contribution in [0, 0.1) is 0 Å². The van der Waals surface area contributed by atoms with Gasteiger partial charge in [-0.1, -0.05) is 11.2 Å². The van der Waals surface area contributed by atoms with Gasteiger partial charge in [0.2, 0.25) is 0 Å². The van der Waals surface area contributed by atoms with Gasteiger partial charge in [0.25, 0.3) is 0 Å². The first-order valence-corrected chi connectivity index (χ1v) is 4.32. The maximum Gasteiger partial charge on any atom is 0.151 e. The van der Waals surface area contributed by atoms with Crippen LogP contribution in [0.5, 0.6) is 0 Å². The van der Waals surface area contributed by atoms with Gasteiger partial charge in [-0.05, 0) is 25.3 Å². The molecule has 0 atom stereocenters. The quantitative estimate of drug-likeness (QED) is 0.503. The Balaban J connectivity index is 2.30. The van der Waals surface area contributed by atoms with Crippen LogP contribution >= 0.6 is 11.3 Å². The lowest BCUT2D eigenvalue weighted by molar-refractivity contribution is 0.132. The zero-order valence-corrected chi connectivity index (χ0v) is 7.52. The fraction of sp³-hybridized carbons (Fsp3) is 0.375. The summed E-state index contributed by atoms with van der Waals surface area (Å²) in [7, 11) is 0. The van der Waals surface area contributed by atoms with E-state index in [1.54, 1.807) is 11.3 Å². The molecular formula is C8H11NOS. The molecule has 11 heavy (non-hydrogen) atoms. The Morgan fingerprint density at radius 1 is 1.64 bits per heavy atom. The predicted octanol–water partition coefficient (Wildman–Crippen LogP) is 2.66. The van der Waals surface area contributed by atoms with Crippen molar-refractivity contribution >= 4 is 17.0 Å². The lowest BCUT2D eigenvalue weighted by atomic mass is 10.5. The predicted molar refractivity (Wildman–Crippen MR) is 47.9 cm³/mol. The van der Waals surface area contributed by atoms with Crippen LogP contribution in [0.4, 0.5) is 0 Å². The van der Waals surface area contributed by atoms with Gasteiger partial charge in [0, 0.05) is 4.88 Å². The second-order valence-corrected chi connectivity index (χ2v) is 3.42. The van der Waals surface area contributed by atoms with Crippen molar-refractivity contribution in [3.63, 3.8) is 0 Å². The average molecular weight is 169 g/mol. The van der Waals surface area contributed by atoms with Crippen molar-refractivity contribution in [2.45, 2.75) is 20.5 Å².